The summed E-state index contributed by atoms with van der Waals surface area (Å²) in [7, 11) is -3.79. The van der Waals surface area contributed by atoms with E-state index in [1.165, 1.54) is 11.3 Å². The van der Waals surface area contributed by atoms with E-state index in [4.69, 9.17) is 9.47 Å². The molecular weight excluding hydrogens is 464 g/mol. The highest BCUT2D eigenvalue weighted by atomic mass is 32.2. The molecule has 3 aromatic rings. The van der Waals surface area contributed by atoms with E-state index >= 15 is 0 Å². The number of thiophene rings is 1. The van der Waals surface area contributed by atoms with Crippen molar-refractivity contribution in [3.8, 4) is 11.5 Å². The number of aryl methyl sites for hydroxylation is 1. The van der Waals surface area contributed by atoms with Gasteiger partial charge in [0.25, 0.3) is 0 Å². The number of amides is 2. The van der Waals surface area contributed by atoms with E-state index in [2.05, 4.69) is 10.6 Å². The molecular formula is C23H22N2O6S2. The summed E-state index contributed by atoms with van der Waals surface area (Å²) in [5.41, 5.74) is 1.67. The van der Waals surface area contributed by atoms with Crippen LogP contribution in [0.5, 0.6) is 11.5 Å². The van der Waals surface area contributed by atoms with Crippen LogP contribution in [0.25, 0.3) is 0 Å². The van der Waals surface area contributed by atoms with E-state index < -0.39 is 26.9 Å². The summed E-state index contributed by atoms with van der Waals surface area (Å²) >= 11 is 1.28. The number of nitrogens with one attached hydrogen (secondary N) is 2. The molecule has 0 bridgehead atoms. The Balaban J connectivity index is 1.40. The lowest BCUT2D eigenvalue weighted by atomic mass is 10.2. The monoisotopic (exact) mass is 486 g/mol. The van der Waals surface area contributed by atoms with Gasteiger partial charge >= 0.3 is 11.8 Å². The Hall–Kier alpha value is -3.37. The van der Waals surface area contributed by atoms with Gasteiger partial charge in [-0.1, -0.05) is 29.8 Å². The van der Waals surface area contributed by atoms with Crippen molar-refractivity contribution in [2.24, 2.45) is 0 Å². The molecule has 1 atom stereocenters. The first kappa shape index (κ1) is 22.8. The van der Waals surface area contributed by atoms with Gasteiger partial charge in [-0.2, -0.15) is 0 Å². The van der Waals surface area contributed by atoms with Crippen LogP contribution in [0, 0.1) is 6.92 Å². The highest BCUT2D eigenvalue weighted by molar-refractivity contribution is 7.91. The van der Waals surface area contributed by atoms with Crippen LogP contribution in [0.4, 0.5) is 0 Å². The molecule has 2 heterocycles. The molecule has 0 aliphatic carbocycles. The number of carbonyl (C=O) groups is 2. The van der Waals surface area contributed by atoms with Gasteiger partial charge in [-0.15, -0.1) is 11.3 Å². The van der Waals surface area contributed by atoms with Gasteiger partial charge in [0.15, 0.2) is 21.3 Å². The van der Waals surface area contributed by atoms with Crippen molar-refractivity contribution in [1.29, 1.82) is 0 Å². The lowest BCUT2D eigenvalue weighted by Crippen LogP contribution is -2.42. The van der Waals surface area contributed by atoms with E-state index in [9.17, 15) is 18.0 Å². The molecule has 10 heteroatoms. The molecule has 0 unspecified atom stereocenters. The van der Waals surface area contributed by atoms with Gasteiger partial charge in [0.05, 0.1) is 4.90 Å². The van der Waals surface area contributed by atoms with Crippen molar-refractivity contribution >= 4 is 33.0 Å². The van der Waals surface area contributed by atoms with Gasteiger partial charge in [0.1, 0.15) is 5.25 Å². The van der Waals surface area contributed by atoms with E-state index in [1.807, 2.05) is 6.92 Å². The molecule has 1 aromatic heterocycles. The summed E-state index contributed by atoms with van der Waals surface area (Å²) in [6.07, 6.45) is 0. The van der Waals surface area contributed by atoms with Crippen molar-refractivity contribution in [3.05, 3.63) is 76.0 Å². The molecule has 8 nitrogen and oxygen atoms in total. The van der Waals surface area contributed by atoms with E-state index in [0.29, 0.717) is 16.4 Å². The molecule has 4 rings (SSSR count). The average molecular weight is 487 g/mol. The zero-order chi connectivity index (χ0) is 23.4. The predicted octanol–water partition coefficient (Wildman–Crippen LogP) is 2.73. The summed E-state index contributed by atoms with van der Waals surface area (Å²) in [5.74, 6) is -0.565. The first-order chi connectivity index (χ1) is 15.8. The maximum Gasteiger partial charge on any atom is 0.309 e. The number of carbonyl (C=O) groups excluding carboxylic acids is 2. The largest absolute Gasteiger partial charge is 0.454 e. The molecule has 2 amide bonds. The molecule has 1 aliphatic heterocycles. The molecule has 2 aromatic carbocycles. The van der Waals surface area contributed by atoms with Gasteiger partial charge in [-0.25, -0.2) is 8.42 Å². The van der Waals surface area contributed by atoms with Gasteiger partial charge in [0, 0.05) is 18.0 Å². The highest BCUT2D eigenvalue weighted by Crippen LogP contribution is 2.33. The van der Waals surface area contributed by atoms with Crippen LogP contribution in [0.3, 0.4) is 0 Å². The minimum Gasteiger partial charge on any atom is -0.454 e. The lowest BCUT2D eigenvalue weighted by Gasteiger charge is -2.17. The third-order valence-electron chi connectivity index (χ3n) is 5.13. The molecule has 0 spiro atoms. The first-order valence-electron chi connectivity index (χ1n) is 10.1. The van der Waals surface area contributed by atoms with E-state index in [0.717, 1.165) is 11.1 Å². The van der Waals surface area contributed by atoms with Crippen LogP contribution >= 0.6 is 11.3 Å². The minimum atomic E-state index is -3.79. The zero-order valence-electron chi connectivity index (χ0n) is 17.7. The summed E-state index contributed by atoms with van der Waals surface area (Å²) in [5, 5.41) is 5.76. The minimum absolute atomic E-state index is 0.110. The van der Waals surface area contributed by atoms with Gasteiger partial charge < -0.3 is 20.1 Å². The molecule has 0 saturated heterocycles. The van der Waals surface area contributed by atoms with Crippen molar-refractivity contribution in [3.63, 3.8) is 0 Å². The fourth-order valence-corrected chi connectivity index (χ4v) is 6.09. The molecule has 0 fully saturated rings. The van der Waals surface area contributed by atoms with E-state index in [1.54, 1.807) is 60.0 Å². The lowest BCUT2D eigenvalue weighted by molar-refractivity contribution is -0.139. The molecule has 0 radical (unpaired) electrons. The number of rotatable bonds is 7. The Morgan fingerprint density at radius 1 is 1.00 bits per heavy atom. The smallest absolute Gasteiger partial charge is 0.309 e. The summed E-state index contributed by atoms with van der Waals surface area (Å²) < 4.78 is 37.1. The number of sulfone groups is 1. The van der Waals surface area contributed by atoms with Crippen molar-refractivity contribution in [1.82, 2.24) is 10.6 Å². The second kappa shape index (κ2) is 9.63. The first-order valence-corrected chi connectivity index (χ1v) is 12.6. The number of ether oxygens (including phenoxy) is 2. The predicted molar refractivity (Wildman–Crippen MR) is 123 cm³/mol. The Bertz CT molecular complexity index is 1250. The van der Waals surface area contributed by atoms with Gasteiger partial charge in [-0.3, -0.25) is 9.59 Å². The Labute approximate surface area is 195 Å². The van der Waals surface area contributed by atoms with Crippen LogP contribution in [0.2, 0.25) is 0 Å². The van der Waals surface area contributed by atoms with Crippen molar-refractivity contribution in [2.45, 2.75) is 23.6 Å². The summed E-state index contributed by atoms with van der Waals surface area (Å²) in [4.78, 5) is 25.4. The second-order valence-electron chi connectivity index (χ2n) is 7.44. The van der Waals surface area contributed by atoms with Crippen LogP contribution in [-0.4, -0.2) is 33.6 Å². The zero-order valence-corrected chi connectivity index (χ0v) is 19.4. The van der Waals surface area contributed by atoms with Crippen LogP contribution in [0.1, 0.15) is 21.3 Å². The van der Waals surface area contributed by atoms with Crippen molar-refractivity contribution < 1.29 is 27.5 Å². The Kier molecular flexibility index (Phi) is 6.66. The summed E-state index contributed by atoms with van der Waals surface area (Å²) in [6, 6.07) is 15.2. The maximum absolute atomic E-state index is 13.3. The molecule has 33 heavy (non-hydrogen) atoms. The SMILES string of the molecule is Cc1ccc(S(=O)(=O)[C@H](CNC(=O)C(=O)NCc2ccc3c(c2)OCO3)c2cccs2)cc1. The fourth-order valence-electron chi connectivity index (χ4n) is 3.31. The second-order valence-corrected chi connectivity index (χ2v) is 10.6. The third-order valence-corrected chi connectivity index (χ3v) is 8.36. The van der Waals surface area contributed by atoms with Crippen molar-refractivity contribution in [2.75, 3.05) is 13.3 Å². The van der Waals surface area contributed by atoms with Gasteiger partial charge in [0.2, 0.25) is 6.79 Å². The fraction of sp³-hybridized carbons (Fsp3) is 0.217. The van der Waals surface area contributed by atoms with Gasteiger partial charge in [-0.05, 0) is 48.2 Å². The highest BCUT2D eigenvalue weighted by Gasteiger charge is 2.31. The molecule has 0 saturated carbocycles. The Morgan fingerprint density at radius 2 is 1.73 bits per heavy atom. The number of benzene rings is 2. The number of hydrogen-bond acceptors (Lipinski definition) is 7. The van der Waals surface area contributed by atoms with Crippen LogP contribution in [-0.2, 0) is 26.0 Å². The average Bonchev–Trinajstić information content (AvgIpc) is 3.49. The molecule has 2 N–H and O–H groups in total. The third kappa shape index (κ3) is 5.18. The quantitative estimate of drug-likeness (QED) is 0.497. The summed E-state index contributed by atoms with van der Waals surface area (Å²) in [6.45, 7) is 1.89. The molecule has 172 valence electrons. The maximum atomic E-state index is 13.3. The topological polar surface area (TPSA) is 111 Å². The Morgan fingerprint density at radius 3 is 2.45 bits per heavy atom. The number of fused-ring (bicyclic) bond motifs is 1. The van der Waals surface area contributed by atoms with Crippen LogP contribution in [0.15, 0.2) is 64.9 Å². The van der Waals surface area contributed by atoms with Crippen LogP contribution < -0.4 is 20.1 Å². The normalized spacial score (nSPS) is 13.4. The number of hydrogen-bond donors (Lipinski definition) is 2. The standard InChI is InChI=1S/C23H22N2O6S2/c1-15-4-7-17(8-5-15)33(28,29)21(20-3-2-10-32-20)13-25-23(27)22(26)24-12-16-6-9-18-19(11-16)31-14-30-18/h2-11,21H,12-14H2,1H3,(H,24,26)(H,25,27)/t21-/m1/s1. The molecule has 1 aliphatic rings. The van der Waals surface area contributed by atoms with E-state index in [-0.39, 0.29) is 24.8 Å².